The summed E-state index contributed by atoms with van der Waals surface area (Å²) in [5.41, 5.74) is -1.44. The van der Waals surface area contributed by atoms with Crippen LogP contribution >= 0.6 is 0 Å². The number of carbonyl (C=O) groups is 1. The van der Waals surface area contributed by atoms with Crippen LogP contribution in [0.15, 0.2) is 6.20 Å². The lowest BCUT2D eigenvalue weighted by atomic mass is 9.85. The first-order valence-corrected chi connectivity index (χ1v) is 8.18. The van der Waals surface area contributed by atoms with Gasteiger partial charge >= 0.3 is 6.09 Å². The molecule has 0 N–H and O–H groups in total. The Balaban J connectivity index is 1.94. The topological polar surface area (TPSA) is 55.3 Å². The van der Waals surface area contributed by atoms with E-state index in [0.717, 1.165) is 12.1 Å². The van der Waals surface area contributed by atoms with Gasteiger partial charge in [-0.25, -0.2) is 24.1 Å². The standard InChI is InChI=1S/C17H24FN3O2/c1-10(11-6-7-11)8-13-19-9-12(18)14(20-13)21-15(22)23-17(4,5)16(21,2)3/h9-11H,6-8H2,1-5H3/t10-/m1/s1. The lowest BCUT2D eigenvalue weighted by Crippen LogP contribution is -2.52. The zero-order valence-corrected chi connectivity index (χ0v) is 14.4. The average Bonchev–Trinajstić information content (AvgIpc) is 3.23. The van der Waals surface area contributed by atoms with Crippen LogP contribution < -0.4 is 4.90 Å². The van der Waals surface area contributed by atoms with Gasteiger partial charge in [-0.05, 0) is 52.4 Å². The Morgan fingerprint density at radius 2 is 2.04 bits per heavy atom. The molecule has 0 unspecified atom stereocenters. The van der Waals surface area contributed by atoms with Gasteiger partial charge in [-0.1, -0.05) is 6.92 Å². The summed E-state index contributed by atoms with van der Waals surface area (Å²) in [5, 5.41) is 0. The molecule has 2 aliphatic rings. The van der Waals surface area contributed by atoms with E-state index in [2.05, 4.69) is 16.9 Å². The monoisotopic (exact) mass is 321 g/mol. The van der Waals surface area contributed by atoms with E-state index in [-0.39, 0.29) is 5.82 Å². The highest BCUT2D eigenvalue weighted by atomic mass is 19.1. The van der Waals surface area contributed by atoms with Crippen molar-refractivity contribution in [3.8, 4) is 0 Å². The van der Waals surface area contributed by atoms with Crippen LogP contribution in [-0.4, -0.2) is 27.2 Å². The highest BCUT2D eigenvalue weighted by Crippen LogP contribution is 2.42. The van der Waals surface area contributed by atoms with Crippen molar-refractivity contribution in [3.05, 3.63) is 17.8 Å². The molecule has 1 aliphatic heterocycles. The molecule has 126 valence electrons. The Morgan fingerprint density at radius 1 is 1.39 bits per heavy atom. The number of carbonyl (C=O) groups excluding carboxylic acids is 1. The number of hydrogen-bond acceptors (Lipinski definition) is 4. The Bertz CT molecular complexity index is 641. The van der Waals surface area contributed by atoms with Crippen LogP contribution in [0.4, 0.5) is 15.0 Å². The summed E-state index contributed by atoms with van der Waals surface area (Å²) < 4.78 is 19.7. The van der Waals surface area contributed by atoms with Gasteiger partial charge in [-0.3, -0.25) is 0 Å². The largest absolute Gasteiger partial charge is 0.441 e. The highest BCUT2D eigenvalue weighted by Gasteiger charge is 2.56. The van der Waals surface area contributed by atoms with Crippen LogP contribution in [0.1, 0.15) is 53.3 Å². The fraction of sp³-hybridized carbons (Fsp3) is 0.706. The van der Waals surface area contributed by atoms with Crippen molar-refractivity contribution in [2.24, 2.45) is 11.8 Å². The van der Waals surface area contributed by atoms with Crippen molar-refractivity contribution in [1.82, 2.24) is 9.97 Å². The van der Waals surface area contributed by atoms with Gasteiger partial charge in [0.2, 0.25) is 0 Å². The fourth-order valence-electron chi connectivity index (χ4n) is 3.01. The molecular formula is C17H24FN3O2. The van der Waals surface area contributed by atoms with Crippen molar-refractivity contribution in [2.75, 3.05) is 4.90 Å². The summed E-state index contributed by atoms with van der Waals surface area (Å²) in [6.07, 6.45) is 3.78. The molecule has 5 nitrogen and oxygen atoms in total. The number of halogens is 1. The molecule has 1 atom stereocenters. The predicted molar refractivity (Wildman–Crippen MR) is 84.7 cm³/mol. The molecule has 1 saturated heterocycles. The molecular weight excluding hydrogens is 297 g/mol. The van der Waals surface area contributed by atoms with Gasteiger partial charge in [0, 0.05) is 6.42 Å². The molecule has 0 aromatic carbocycles. The van der Waals surface area contributed by atoms with Gasteiger partial charge in [0.25, 0.3) is 0 Å². The summed E-state index contributed by atoms with van der Waals surface area (Å²) in [7, 11) is 0. The van der Waals surface area contributed by atoms with Gasteiger partial charge in [0.1, 0.15) is 11.4 Å². The number of nitrogens with zero attached hydrogens (tertiary/aromatic N) is 3. The van der Waals surface area contributed by atoms with Crippen LogP contribution in [0.3, 0.4) is 0 Å². The third-order valence-electron chi connectivity index (χ3n) is 5.48. The van der Waals surface area contributed by atoms with E-state index in [4.69, 9.17) is 4.74 Å². The Morgan fingerprint density at radius 3 is 2.57 bits per heavy atom. The van der Waals surface area contributed by atoms with E-state index >= 15 is 0 Å². The minimum absolute atomic E-state index is 0.0126. The molecule has 6 heteroatoms. The smallest absolute Gasteiger partial charge is 0.416 e. The summed E-state index contributed by atoms with van der Waals surface area (Å²) in [6.45, 7) is 9.51. The number of aromatic nitrogens is 2. The van der Waals surface area contributed by atoms with Gasteiger partial charge in [0.05, 0.1) is 11.7 Å². The molecule has 1 aromatic rings. The fourth-order valence-corrected chi connectivity index (χ4v) is 3.01. The van der Waals surface area contributed by atoms with Crippen LogP contribution in [0, 0.1) is 17.7 Å². The second-order valence-electron chi connectivity index (χ2n) is 7.75. The zero-order valence-electron chi connectivity index (χ0n) is 14.4. The van der Waals surface area contributed by atoms with Crippen LogP contribution in [-0.2, 0) is 11.2 Å². The summed E-state index contributed by atoms with van der Waals surface area (Å²) in [6, 6.07) is 0. The van der Waals surface area contributed by atoms with Crippen molar-refractivity contribution >= 4 is 11.9 Å². The van der Waals surface area contributed by atoms with Crippen LogP contribution in [0.2, 0.25) is 0 Å². The maximum absolute atomic E-state index is 14.3. The molecule has 23 heavy (non-hydrogen) atoms. The quantitative estimate of drug-likeness (QED) is 0.848. The minimum atomic E-state index is -0.733. The third-order valence-corrected chi connectivity index (χ3v) is 5.48. The molecule has 1 aromatic heterocycles. The van der Waals surface area contributed by atoms with Crippen molar-refractivity contribution in [2.45, 2.75) is 65.0 Å². The zero-order chi connectivity index (χ0) is 17.0. The van der Waals surface area contributed by atoms with Gasteiger partial charge < -0.3 is 4.74 Å². The van der Waals surface area contributed by atoms with E-state index in [1.165, 1.54) is 17.7 Å². The SMILES string of the molecule is C[C@H](Cc1ncc(F)c(N2C(=O)OC(C)(C)C2(C)C)n1)C1CC1. The Kier molecular flexibility index (Phi) is 3.61. The molecule has 1 amide bonds. The highest BCUT2D eigenvalue weighted by molar-refractivity contribution is 5.91. The predicted octanol–water partition coefficient (Wildman–Crippen LogP) is 3.72. The first kappa shape index (κ1) is 16.1. The summed E-state index contributed by atoms with van der Waals surface area (Å²) >= 11 is 0. The molecule has 0 spiro atoms. The number of anilines is 1. The van der Waals surface area contributed by atoms with Crippen LogP contribution in [0.25, 0.3) is 0 Å². The molecule has 2 heterocycles. The first-order valence-electron chi connectivity index (χ1n) is 8.18. The minimum Gasteiger partial charge on any atom is -0.441 e. The molecule has 2 fully saturated rings. The second-order valence-corrected chi connectivity index (χ2v) is 7.75. The van der Waals surface area contributed by atoms with E-state index < -0.39 is 23.1 Å². The number of amides is 1. The van der Waals surface area contributed by atoms with Gasteiger partial charge in [-0.15, -0.1) is 0 Å². The average molecular weight is 321 g/mol. The van der Waals surface area contributed by atoms with Crippen molar-refractivity contribution in [1.29, 1.82) is 0 Å². The molecule has 1 saturated carbocycles. The Labute approximate surface area is 136 Å². The second kappa shape index (κ2) is 5.14. The van der Waals surface area contributed by atoms with Crippen LogP contribution in [0.5, 0.6) is 0 Å². The van der Waals surface area contributed by atoms with E-state index in [1.807, 2.05) is 27.7 Å². The van der Waals surface area contributed by atoms with Gasteiger partial charge in [-0.2, -0.15) is 0 Å². The van der Waals surface area contributed by atoms with E-state index in [0.29, 0.717) is 18.2 Å². The maximum Gasteiger partial charge on any atom is 0.416 e. The number of rotatable bonds is 4. The van der Waals surface area contributed by atoms with Crippen molar-refractivity contribution < 1.29 is 13.9 Å². The molecule has 0 radical (unpaired) electrons. The maximum atomic E-state index is 14.3. The first-order chi connectivity index (χ1) is 10.6. The number of ether oxygens (including phenoxy) is 1. The van der Waals surface area contributed by atoms with E-state index in [9.17, 15) is 9.18 Å². The van der Waals surface area contributed by atoms with E-state index in [1.54, 1.807) is 0 Å². The molecule has 1 aliphatic carbocycles. The van der Waals surface area contributed by atoms with Gasteiger partial charge in [0.15, 0.2) is 11.6 Å². The summed E-state index contributed by atoms with van der Waals surface area (Å²) in [5.74, 6) is 1.19. The number of hydrogen-bond donors (Lipinski definition) is 0. The lowest BCUT2D eigenvalue weighted by Gasteiger charge is -2.36. The molecule has 3 rings (SSSR count). The molecule has 0 bridgehead atoms. The summed E-state index contributed by atoms with van der Waals surface area (Å²) in [4.78, 5) is 22.1. The lowest BCUT2D eigenvalue weighted by molar-refractivity contribution is 0.0458. The normalized spacial score (nSPS) is 23.7. The Hall–Kier alpha value is -1.72. The van der Waals surface area contributed by atoms with Crippen molar-refractivity contribution in [3.63, 3.8) is 0 Å². The number of cyclic esters (lactones) is 1. The third kappa shape index (κ3) is 2.68.